The van der Waals surface area contributed by atoms with Crippen molar-refractivity contribution in [1.82, 2.24) is 9.38 Å². The van der Waals surface area contributed by atoms with Gasteiger partial charge in [-0.05, 0) is 30.4 Å². The third-order valence-corrected chi connectivity index (χ3v) is 4.14. The molecule has 2 aromatic rings. The van der Waals surface area contributed by atoms with Gasteiger partial charge >= 0.3 is 0 Å². The van der Waals surface area contributed by atoms with E-state index in [-0.39, 0.29) is 12.5 Å². The lowest BCUT2D eigenvalue weighted by atomic mass is 10.1. The molecule has 0 radical (unpaired) electrons. The first-order chi connectivity index (χ1) is 10.3. The molecule has 1 saturated carbocycles. The molecule has 6 heteroatoms. The Hall–Kier alpha value is -1.92. The molecule has 2 aliphatic rings. The maximum atomic E-state index is 12.2. The van der Waals surface area contributed by atoms with E-state index in [0.717, 1.165) is 17.0 Å². The van der Waals surface area contributed by atoms with Crippen molar-refractivity contribution in [3.8, 4) is 0 Å². The number of fused-ring (bicyclic) bond motifs is 1. The number of morpholine rings is 1. The van der Waals surface area contributed by atoms with Crippen molar-refractivity contribution < 1.29 is 9.53 Å². The molecule has 4 rings (SSSR count). The number of amides is 1. The van der Waals surface area contributed by atoms with E-state index < -0.39 is 0 Å². The van der Waals surface area contributed by atoms with E-state index in [0.29, 0.717) is 25.6 Å². The molecule has 1 aliphatic carbocycles. The van der Waals surface area contributed by atoms with Gasteiger partial charge in [0.05, 0.1) is 18.0 Å². The minimum absolute atomic E-state index is 0.00612. The number of nitrogens with zero attached hydrogens (tertiary/aromatic N) is 3. The fraction of sp³-hybridized carbons (Fsp3) is 0.467. The monoisotopic (exact) mass is 286 g/mol. The Morgan fingerprint density at radius 3 is 2.95 bits per heavy atom. The minimum Gasteiger partial charge on any atom is -0.370 e. The van der Waals surface area contributed by atoms with E-state index in [2.05, 4.69) is 17.2 Å². The van der Waals surface area contributed by atoms with Crippen LogP contribution in [0.5, 0.6) is 0 Å². The van der Waals surface area contributed by atoms with Gasteiger partial charge in [0.1, 0.15) is 6.61 Å². The largest absolute Gasteiger partial charge is 0.370 e. The smallest absolute Gasteiger partial charge is 0.253 e. The average Bonchev–Trinajstić information content (AvgIpc) is 3.26. The zero-order valence-corrected chi connectivity index (χ0v) is 11.8. The quantitative estimate of drug-likeness (QED) is 0.915. The maximum absolute atomic E-state index is 12.2. The van der Waals surface area contributed by atoms with E-state index in [9.17, 15) is 4.79 Å². The fourth-order valence-corrected chi connectivity index (χ4v) is 2.86. The van der Waals surface area contributed by atoms with Crippen molar-refractivity contribution in [2.24, 2.45) is 5.73 Å². The van der Waals surface area contributed by atoms with Gasteiger partial charge in [-0.15, -0.1) is 0 Å². The van der Waals surface area contributed by atoms with Crippen LogP contribution >= 0.6 is 0 Å². The van der Waals surface area contributed by atoms with E-state index in [1.807, 2.05) is 10.6 Å². The molecule has 0 aromatic carbocycles. The summed E-state index contributed by atoms with van der Waals surface area (Å²) in [5.74, 6) is 0.612. The van der Waals surface area contributed by atoms with Crippen molar-refractivity contribution >= 4 is 17.2 Å². The number of rotatable bonds is 3. The first kappa shape index (κ1) is 12.8. The Balaban J connectivity index is 1.87. The molecule has 0 unspecified atom stereocenters. The lowest BCUT2D eigenvalue weighted by Crippen LogP contribution is -2.42. The second kappa shape index (κ2) is 4.82. The molecule has 1 amide bonds. The van der Waals surface area contributed by atoms with Crippen LogP contribution in [-0.2, 0) is 16.1 Å². The summed E-state index contributed by atoms with van der Waals surface area (Å²) in [6.45, 7) is 1.69. The molecule has 6 nitrogen and oxygen atoms in total. The summed E-state index contributed by atoms with van der Waals surface area (Å²) in [6.07, 6.45) is 6.52. The molecule has 1 aliphatic heterocycles. The Kier molecular flexibility index (Phi) is 2.94. The van der Waals surface area contributed by atoms with E-state index >= 15 is 0 Å². The molecule has 0 bridgehead atoms. The molecule has 21 heavy (non-hydrogen) atoms. The highest BCUT2D eigenvalue weighted by Crippen LogP contribution is 2.41. The third-order valence-electron chi connectivity index (χ3n) is 4.14. The van der Waals surface area contributed by atoms with Crippen LogP contribution < -0.4 is 10.6 Å². The zero-order valence-electron chi connectivity index (χ0n) is 11.8. The number of hydrogen-bond acceptors (Lipinski definition) is 4. The highest BCUT2D eigenvalue weighted by molar-refractivity contribution is 5.98. The zero-order chi connectivity index (χ0) is 14.4. The van der Waals surface area contributed by atoms with Crippen LogP contribution in [0.1, 0.15) is 30.0 Å². The molecule has 110 valence electrons. The number of hydrogen-bond donors (Lipinski definition) is 1. The number of carbonyl (C=O) groups is 1. The summed E-state index contributed by atoms with van der Waals surface area (Å²) < 4.78 is 7.23. The van der Waals surface area contributed by atoms with Gasteiger partial charge in [0.2, 0.25) is 0 Å². The summed E-state index contributed by atoms with van der Waals surface area (Å²) in [4.78, 5) is 18.5. The lowest BCUT2D eigenvalue weighted by molar-refractivity contribution is -0.125. The highest BCUT2D eigenvalue weighted by Gasteiger charge is 2.28. The van der Waals surface area contributed by atoms with Gasteiger partial charge in [0, 0.05) is 25.5 Å². The van der Waals surface area contributed by atoms with Gasteiger partial charge in [-0.25, -0.2) is 4.98 Å². The Bertz CT molecular complexity index is 705. The van der Waals surface area contributed by atoms with E-state index in [1.165, 1.54) is 18.4 Å². The third kappa shape index (κ3) is 2.20. The number of ether oxygens (including phenoxy) is 1. The van der Waals surface area contributed by atoms with Crippen molar-refractivity contribution in [3.63, 3.8) is 0 Å². The van der Waals surface area contributed by atoms with Gasteiger partial charge in [-0.3, -0.25) is 4.79 Å². The van der Waals surface area contributed by atoms with E-state index in [4.69, 9.17) is 10.5 Å². The topological polar surface area (TPSA) is 72.9 Å². The van der Waals surface area contributed by atoms with Gasteiger partial charge < -0.3 is 19.8 Å². The normalized spacial score (nSPS) is 19.5. The van der Waals surface area contributed by atoms with E-state index in [1.54, 1.807) is 4.90 Å². The number of pyridine rings is 1. The van der Waals surface area contributed by atoms with Gasteiger partial charge in [0.25, 0.3) is 5.91 Å². The molecule has 2 fully saturated rings. The molecule has 0 spiro atoms. The number of nitrogens with two attached hydrogens (primary N) is 1. The summed E-state index contributed by atoms with van der Waals surface area (Å²) in [7, 11) is 0. The molecule has 2 aromatic heterocycles. The molecule has 0 atom stereocenters. The second-order valence-electron chi connectivity index (χ2n) is 5.70. The van der Waals surface area contributed by atoms with Crippen LogP contribution in [0.4, 0.5) is 5.69 Å². The Morgan fingerprint density at radius 1 is 1.38 bits per heavy atom. The number of carbonyl (C=O) groups excluding carboxylic acids is 1. The second-order valence-corrected chi connectivity index (χ2v) is 5.70. The first-order valence-electron chi connectivity index (χ1n) is 7.36. The number of aromatic nitrogens is 2. The van der Waals surface area contributed by atoms with Crippen molar-refractivity contribution in [3.05, 3.63) is 29.7 Å². The highest BCUT2D eigenvalue weighted by atomic mass is 16.5. The predicted octanol–water partition coefficient (Wildman–Crippen LogP) is 1.03. The van der Waals surface area contributed by atoms with Crippen molar-refractivity contribution in [2.75, 3.05) is 24.7 Å². The average molecular weight is 286 g/mol. The molecular formula is C15H18N4O2. The fourth-order valence-electron chi connectivity index (χ4n) is 2.86. The number of anilines is 1. The summed E-state index contributed by atoms with van der Waals surface area (Å²) in [5, 5.41) is 0. The summed E-state index contributed by atoms with van der Waals surface area (Å²) in [5.41, 5.74) is 9.50. The van der Waals surface area contributed by atoms with Crippen LogP contribution in [0, 0.1) is 0 Å². The van der Waals surface area contributed by atoms with Crippen LogP contribution in [0.25, 0.3) is 5.65 Å². The first-order valence-corrected chi connectivity index (χ1v) is 7.36. The maximum Gasteiger partial charge on any atom is 0.253 e. The Labute approximate surface area is 122 Å². The molecule has 1 saturated heterocycles. The van der Waals surface area contributed by atoms with Crippen LogP contribution in [0.15, 0.2) is 18.5 Å². The van der Waals surface area contributed by atoms with Crippen molar-refractivity contribution in [1.29, 1.82) is 0 Å². The number of imidazole rings is 1. The summed E-state index contributed by atoms with van der Waals surface area (Å²) >= 11 is 0. The van der Waals surface area contributed by atoms with Gasteiger partial charge in [0.15, 0.2) is 5.65 Å². The Morgan fingerprint density at radius 2 is 2.24 bits per heavy atom. The summed E-state index contributed by atoms with van der Waals surface area (Å²) in [6, 6.07) is 2.11. The predicted molar refractivity (Wildman–Crippen MR) is 78.2 cm³/mol. The van der Waals surface area contributed by atoms with Crippen molar-refractivity contribution in [2.45, 2.75) is 25.3 Å². The van der Waals surface area contributed by atoms with Gasteiger partial charge in [-0.2, -0.15) is 0 Å². The lowest BCUT2D eigenvalue weighted by Gasteiger charge is -2.27. The molecular weight excluding hydrogens is 268 g/mol. The van der Waals surface area contributed by atoms with Crippen LogP contribution in [0.3, 0.4) is 0 Å². The molecule has 2 N–H and O–H groups in total. The standard InChI is InChI=1S/C15H18N4O2/c16-6-12-8-18-7-11(10-1-2-10)5-13(15(18)17-12)19-3-4-21-9-14(19)20/h5,7-8,10H,1-4,6,9,16H2. The van der Waals surface area contributed by atoms with Gasteiger partial charge in [-0.1, -0.05) is 0 Å². The molecule has 3 heterocycles. The minimum atomic E-state index is -0.00612. The van der Waals surface area contributed by atoms with Crippen LogP contribution in [0.2, 0.25) is 0 Å². The van der Waals surface area contributed by atoms with Crippen LogP contribution in [-0.4, -0.2) is 35.1 Å². The SMILES string of the molecule is NCc1cn2cc(C3CC3)cc(N3CCOCC3=O)c2n1.